The minimum absolute atomic E-state index is 0. The van der Waals surface area contributed by atoms with Gasteiger partial charge in [0.25, 0.3) is 0 Å². The smallest absolute Gasteiger partial charge is 0.179 e. The molecular weight excluding hydrogens is 322 g/mol. The molecule has 108 valence electrons. The molecule has 0 saturated carbocycles. The molecule has 1 nitrogen and oxygen atoms in total. The number of halogens is 1. The van der Waals surface area contributed by atoms with Crippen molar-refractivity contribution < 1.29 is 21.5 Å². The van der Waals surface area contributed by atoms with E-state index in [0.717, 1.165) is 6.54 Å². The van der Waals surface area contributed by atoms with Crippen molar-refractivity contribution >= 4 is 10.8 Å². The van der Waals surface area contributed by atoms with Gasteiger partial charge in [-0.3, -0.25) is 0 Å². The minimum atomic E-state index is 0. The Kier molecular flexibility index (Phi) is 4.79. The maximum Gasteiger partial charge on any atom is 0.179 e. The summed E-state index contributed by atoms with van der Waals surface area (Å²) < 4.78 is 2.37. The van der Waals surface area contributed by atoms with Crippen molar-refractivity contribution in [3.63, 3.8) is 0 Å². The van der Waals surface area contributed by atoms with Gasteiger partial charge < -0.3 is 17.0 Å². The van der Waals surface area contributed by atoms with Crippen molar-refractivity contribution in [2.75, 3.05) is 0 Å². The number of pyridine rings is 1. The maximum absolute atomic E-state index is 2.37. The summed E-state index contributed by atoms with van der Waals surface area (Å²) in [5.41, 5.74) is 5.31. The molecule has 3 aromatic rings. The summed E-state index contributed by atoms with van der Waals surface area (Å²) in [7, 11) is 0. The van der Waals surface area contributed by atoms with Gasteiger partial charge in [0.15, 0.2) is 17.9 Å². The lowest BCUT2D eigenvalue weighted by Gasteiger charge is -2.07. The Labute approximate surface area is 137 Å². The molecule has 2 heteroatoms. The molecule has 1 aromatic heterocycles. The molecule has 0 saturated heterocycles. The highest BCUT2D eigenvalue weighted by Gasteiger charge is 2.12. The zero-order valence-electron chi connectivity index (χ0n) is 12.7. The van der Waals surface area contributed by atoms with E-state index in [1.807, 2.05) is 0 Å². The predicted molar refractivity (Wildman–Crippen MR) is 83.9 cm³/mol. The first kappa shape index (κ1) is 15.7. The monoisotopic (exact) mass is 341 g/mol. The first-order valence-corrected chi connectivity index (χ1v) is 7.09. The Morgan fingerprint density at radius 3 is 2.05 bits per heavy atom. The van der Waals surface area contributed by atoms with Crippen LogP contribution in [0.2, 0.25) is 0 Å². The highest BCUT2D eigenvalue weighted by Crippen LogP contribution is 2.15. The summed E-state index contributed by atoms with van der Waals surface area (Å²) in [4.78, 5) is 0. The van der Waals surface area contributed by atoms with Crippen LogP contribution in [0.5, 0.6) is 0 Å². The minimum Gasteiger partial charge on any atom is -1.00 e. The van der Waals surface area contributed by atoms with E-state index in [9.17, 15) is 0 Å². The van der Waals surface area contributed by atoms with E-state index >= 15 is 0 Å². The molecule has 0 unspecified atom stereocenters. The summed E-state index contributed by atoms with van der Waals surface area (Å²) in [5.74, 6) is 0. The molecule has 0 spiro atoms. The van der Waals surface area contributed by atoms with Gasteiger partial charge in [0.05, 0.1) is 0 Å². The fourth-order valence-electron chi connectivity index (χ4n) is 2.90. The van der Waals surface area contributed by atoms with Crippen LogP contribution in [-0.2, 0) is 6.54 Å². The molecule has 3 rings (SSSR count). The number of benzene rings is 2. The lowest BCUT2D eigenvalue weighted by molar-refractivity contribution is -0.700. The number of hydrogen-bond acceptors (Lipinski definition) is 0. The number of aromatic nitrogens is 1. The van der Waals surface area contributed by atoms with Crippen LogP contribution in [0.15, 0.2) is 54.6 Å². The van der Waals surface area contributed by atoms with Gasteiger partial charge in [0.2, 0.25) is 0 Å². The fraction of sp³-hybridized carbons (Fsp3) is 0.211. The number of hydrogen-bond donors (Lipinski definition) is 0. The summed E-state index contributed by atoms with van der Waals surface area (Å²) in [6, 6.07) is 19.8. The fourth-order valence-corrected chi connectivity index (χ4v) is 2.90. The van der Waals surface area contributed by atoms with Gasteiger partial charge in [-0.1, -0.05) is 36.4 Å². The quantitative estimate of drug-likeness (QED) is 0.615. The second kappa shape index (κ2) is 6.40. The average Bonchev–Trinajstić information content (AvgIpc) is 2.42. The van der Waals surface area contributed by atoms with Crippen molar-refractivity contribution in [2.45, 2.75) is 27.3 Å². The SMILES string of the molecule is Cc1cc(C)[n+](Cc2ccc3ccccc3c2)c(C)c1.[Br-]. The van der Waals surface area contributed by atoms with Crippen LogP contribution >= 0.6 is 0 Å². The van der Waals surface area contributed by atoms with Crippen LogP contribution in [-0.4, -0.2) is 0 Å². The average molecular weight is 342 g/mol. The number of fused-ring (bicyclic) bond motifs is 1. The van der Waals surface area contributed by atoms with Crippen LogP contribution in [0.1, 0.15) is 22.5 Å². The van der Waals surface area contributed by atoms with E-state index in [1.54, 1.807) is 0 Å². The molecule has 0 atom stereocenters. The second-order valence-corrected chi connectivity index (χ2v) is 5.58. The van der Waals surface area contributed by atoms with Gasteiger partial charge in [-0.25, -0.2) is 0 Å². The van der Waals surface area contributed by atoms with Gasteiger partial charge in [-0.15, -0.1) is 0 Å². The molecule has 0 aliphatic rings. The topological polar surface area (TPSA) is 3.88 Å². The lowest BCUT2D eigenvalue weighted by atomic mass is 10.1. The van der Waals surface area contributed by atoms with E-state index in [4.69, 9.17) is 0 Å². The lowest BCUT2D eigenvalue weighted by Crippen LogP contribution is -3.00. The van der Waals surface area contributed by atoms with Crippen molar-refractivity contribution in [1.29, 1.82) is 0 Å². The predicted octanol–water partition coefficient (Wildman–Crippen LogP) is 1.10. The number of nitrogens with zero attached hydrogens (tertiary/aromatic N) is 1. The van der Waals surface area contributed by atoms with E-state index in [0.29, 0.717) is 0 Å². The van der Waals surface area contributed by atoms with E-state index in [1.165, 1.54) is 33.3 Å². The molecule has 0 N–H and O–H groups in total. The molecule has 0 aliphatic carbocycles. The standard InChI is InChI=1S/C19H20N.BrH/c1-14-10-15(2)20(16(3)11-14)13-17-8-9-18-6-4-5-7-19(18)12-17;/h4-12H,13H2,1-3H3;1H/q+1;/p-1. The van der Waals surface area contributed by atoms with Crippen molar-refractivity contribution in [3.05, 3.63) is 77.1 Å². The largest absolute Gasteiger partial charge is 1.00 e. The molecule has 0 fully saturated rings. The van der Waals surface area contributed by atoms with Gasteiger partial charge in [0, 0.05) is 31.5 Å². The maximum atomic E-state index is 2.37. The third-order valence-electron chi connectivity index (χ3n) is 3.88. The molecule has 21 heavy (non-hydrogen) atoms. The van der Waals surface area contributed by atoms with Crippen LogP contribution < -0.4 is 21.5 Å². The van der Waals surface area contributed by atoms with E-state index in [-0.39, 0.29) is 17.0 Å². The first-order valence-electron chi connectivity index (χ1n) is 7.09. The molecule has 2 aromatic carbocycles. The van der Waals surface area contributed by atoms with E-state index < -0.39 is 0 Å². The highest BCUT2D eigenvalue weighted by molar-refractivity contribution is 5.82. The summed E-state index contributed by atoms with van der Waals surface area (Å²) in [5, 5.41) is 2.62. The third kappa shape index (κ3) is 3.33. The zero-order valence-corrected chi connectivity index (χ0v) is 14.3. The summed E-state index contributed by atoms with van der Waals surface area (Å²) >= 11 is 0. The molecule has 0 aliphatic heterocycles. The highest BCUT2D eigenvalue weighted by atomic mass is 79.9. The van der Waals surface area contributed by atoms with Gasteiger partial charge in [0.1, 0.15) is 0 Å². The van der Waals surface area contributed by atoms with Crippen LogP contribution in [0.3, 0.4) is 0 Å². The molecule has 0 amide bonds. The molecule has 0 radical (unpaired) electrons. The van der Waals surface area contributed by atoms with Crippen LogP contribution in [0, 0.1) is 20.8 Å². The third-order valence-corrected chi connectivity index (χ3v) is 3.88. The summed E-state index contributed by atoms with van der Waals surface area (Å²) in [6.45, 7) is 7.45. The molecule has 1 heterocycles. The Balaban J connectivity index is 0.00000161. The Morgan fingerprint density at radius 1 is 0.762 bits per heavy atom. The van der Waals surface area contributed by atoms with E-state index in [2.05, 4.69) is 79.9 Å². The zero-order chi connectivity index (χ0) is 14.1. The second-order valence-electron chi connectivity index (χ2n) is 5.58. The van der Waals surface area contributed by atoms with Crippen LogP contribution in [0.25, 0.3) is 10.8 Å². The molecular formula is C19H20BrN. The van der Waals surface area contributed by atoms with Gasteiger partial charge >= 0.3 is 0 Å². The van der Waals surface area contributed by atoms with Crippen LogP contribution in [0.4, 0.5) is 0 Å². The Bertz CT molecular complexity index is 754. The van der Waals surface area contributed by atoms with Crippen molar-refractivity contribution in [2.24, 2.45) is 0 Å². The number of rotatable bonds is 2. The Hall–Kier alpha value is -1.67. The van der Waals surface area contributed by atoms with Gasteiger partial charge in [-0.05, 0) is 29.3 Å². The van der Waals surface area contributed by atoms with Crippen molar-refractivity contribution in [3.8, 4) is 0 Å². The normalized spacial score (nSPS) is 10.4. The van der Waals surface area contributed by atoms with Crippen molar-refractivity contribution in [1.82, 2.24) is 0 Å². The summed E-state index contributed by atoms with van der Waals surface area (Å²) in [6.07, 6.45) is 0. The Morgan fingerprint density at radius 2 is 1.38 bits per heavy atom. The number of aryl methyl sites for hydroxylation is 3. The van der Waals surface area contributed by atoms with Gasteiger partial charge in [-0.2, -0.15) is 4.57 Å². The molecule has 0 bridgehead atoms. The first-order chi connectivity index (χ1) is 9.63.